The molecule has 0 atom stereocenters. The van der Waals surface area contributed by atoms with Crippen molar-refractivity contribution in [2.24, 2.45) is 0 Å². The van der Waals surface area contributed by atoms with E-state index in [2.05, 4.69) is 25.5 Å². The second kappa shape index (κ2) is 7.41. The fraction of sp³-hybridized carbons (Fsp3) is 0.438. The highest BCUT2D eigenvalue weighted by Gasteiger charge is 2.14. The highest BCUT2D eigenvalue weighted by Crippen LogP contribution is 2.18. The lowest BCUT2D eigenvalue weighted by Gasteiger charge is -2.28. The summed E-state index contributed by atoms with van der Waals surface area (Å²) < 4.78 is 0. The number of nitrogens with zero attached hydrogens (tertiary/aromatic N) is 3. The molecule has 3 heterocycles. The largest absolute Gasteiger partial charge is 0.357 e. The second-order valence-electron chi connectivity index (χ2n) is 5.62. The van der Waals surface area contributed by atoms with Gasteiger partial charge in [-0.25, -0.2) is 14.8 Å². The number of carbonyl (C=O) groups is 1. The van der Waals surface area contributed by atoms with Gasteiger partial charge in [0, 0.05) is 24.8 Å². The Bertz CT molecular complexity index is 652. The molecule has 1 fully saturated rings. The molecule has 2 amide bonds. The summed E-state index contributed by atoms with van der Waals surface area (Å²) in [5.41, 5.74) is 0.927. The average molecular weight is 331 g/mol. The van der Waals surface area contributed by atoms with Crippen molar-refractivity contribution in [3.8, 4) is 0 Å². The molecule has 1 saturated heterocycles. The number of carbonyl (C=O) groups excluding carboxylic acids is 1. The van der Waals surface area contributed by atoms with Crippen molar-refractivity contribution in [1.29, 1.82) is 0 Å². The summed E-state index contributed by atoms with van der Waals surface area (Å²) in [5, 5.41) is 8.34. The summed E-state index contributed by atoms with van der Waals surface area (Å²) in [7, 11) is 0. The molecule has 6 nitrogen and oxygen atoms in total. The van der Waals surface area contributed by atoms with E-state index >= 15 is 0 Å². The summed E-state index contributed by atoms with van der Waals surface area (Å²) in [4.78, 5) is 23.2. The van der Waals surface area contributed by atoms with Crippen LogP contribution in [0, 0.1) is 6.92 Å². The first kappa shape index (κ1) is 15.7. The van der Waals surface area contributed by atoms with Gasteiger partial charge in [-0.1, -0.05) is 0 Å². The summed E-state index contributed by atoms with van der Waals surface area (Å²) in [6, 6.07) is 5.54. The van der Waals surface area contributed by atoms with E-state index in [1.807, 2.05) is 30.5 Å². The van der Waals surface area contributed by atoms with Crippen LogP contribution < -0.4 is 15.5 Å². The van der Waals surface area contributed by atoms with E-state index in [1.165, 1.54) is 30.6 Å². The number of hydrogen-bond acceptors (Lipinski definition) is 5. The van der Waals surface area contributed by atoms with Crippen LogP contribution in [0.3, 0.4) is 0 Å². The number of piperidine rings is 1. The van der Waals surface area contributed by atoms with E-state index in [1.54, 1.807) is 0 Å². The third-order valence-electron chi connectivity index (χ3n) is 3.73. The number of aromatic nitrogens is 2. The lowest BCUT2D eigenvalue weighted by molar-refractivity contribution is 0.251. The molecule has 0 aliphatic carbocycles. The summed E-state index contributed by atoms with van der Waals surface area (Å²) >= 11 is 1.49. The fourth-order valence-corrected chi connectivity index (χ4v) is 3.25. The molecule has 2 aromatic heterocycles. The maximum atomic E-state index is 11.9. The van der Waals surface area contributed by atoms with Gasteiger partial charge in [-0.3, -0.25) is 5.32 Å². The Kier molecular flexibility index (Phi) is 5.07. The zero-order chi connectivity index (χ0) is 16.1. The number of rotatable bonds is 4. The molecule has 2 N–H and O–H groups in total. The number of aryl methyl sites for hydroxylation is 1. The lowest BCUT2D eigenvalue weighted by atomic mass is 10.1. The molecular formula is C16H21N5OS. The van der Waals surface area contributed by atoms with E-state index in [4.69, 9.17) is 0 Å². The third-order valence-corrected chi connectivity index (χ3v) is 4.52. The van der Waals surface area contributed by atoms with Gasteiger partial charge >= 0.3 is 6.03 Å². The maximum Gasteiger partial charge on any atom is 0.320 e. The number of hydrogen-bond donors (Lipinski definition) is 2. The minimum Gasteiger partial charge on any atom is -0.357 e. The van der Waals surface area contributed by atoms with E-state index in [0.29, 0.717) is 12.4 Å². The normalized spacial score (nSPS) is 14.6. The van der Waals surface area contributed by atoms with E-state index in [-0.39, 0.29) is 6.03 Å². The van der Waals surface area contributed by atoms with E-state index in [0.717, 1.165) is 29.6 Å². The Morgan fingerprint density at radius 3 is 2.87 bits per heavy atom. The SMILES string of the molecule is Cc1cc(N2CCCCC2)nc(CNC(=O)Nc2cccs2)n1. The molecule has 0 saturated carbocycles. The van der Waals surface area contributed by atoms with Crippen LogP contribution in [-0.2, 0) is 6.54 Å². The van der Waals surface area contributed by atoms with Crippen molar-refractivity contribution in [3.05, 3.63) is 35.1 Å². The fourth-order valence-electron chi connectivity index (χ4n) is 2.64. The van der Waals surface area contributed by atoms with Gasteiger partial charge in [0.1, 0.15) is 11.6 Å². The molecule has 3 rings (SSSR count). The highest BCUT2D eigenvalue weighted by molar-refractivity contribution is 7.14. The molecule has 1 aliphatic heterocycles. The number of nitrogens with one attached hydrogen (secondary N) is 2. The first-order valence-corrected chi connectivity index (χ1v) is 8.76. The van der Waals surface area contributed by atoms with Crippen LogP contribution in [0.5, 0.6) is 0 Å². The minimum atomic E-state index is -0.239. The van der Waals surface area contributed by atoms with Gasteiger partial charge in [-0.2, -0.15) is 0 Å². The number of anilines is 2. The highest BCUT2D eigenvalue weighted by atomic mass is 32.1. The third kappa shape index (κ3) is 4.41. The molecule has 0 spiro atoms. The number of urea groups is 1. The molecule has 23 heavy (non-hydrogen) atoms. The average Bonchev–Trinajstić information content (AvgIpc) is 3.06. The second-order valence-corrected chi connectivity index (χ2v) is 6.56. The number of amides is 2. The summed E-state index contributed by atoms with van der Waals surface area (Å²) in [5.74, 6) is 1.61. The predicted octanol–water partition coefficient (Wildman–Crippen LogP) is 3.16. The van der Waals surface area contributed by atoms with Crippen molar-refractivity contribution < 1.29 is 4.79 Å². The van der Waals surface area contributed by atoms with Crippen molar-refractivity contribution in [1.82, 2.24) is 15.3 Å². The quantitative estimate of drug-likeness (QED) is 0.903. The van der Waals surface area contributed by atoms with Crippen molar-refractivity contribution in [3.63, 3.8) is 0 Å². The first-order chi connectivity index (χ1) is 11.2. The van der Waals surface area contributed by atoms with E-state index in [9.17, 15) is 4.79 Å². The molecule has 0 bridgehead atoms. The van der Waals surface area contributed by atoms with Crippen molar-refractivity contribution in [2.45, 2.75) is 32.7 Å². The number of thiophene rings is 1. The predicted molar refractivity (Wildman–Crippen MR) is 93.0 cm³/mol. The minimum absolute atomic E-state index is 0.239. The smallest absolute Gasteiger partial charge is 0.320 e. The Balaban J connectivity index is 1.60. The van der Waals surface area contributed by atoms with Crippen LogP contribution in [0.25, 0.3) is 0 Å². The van der Waals surface area contributed by atoms with Crippen LogP contribution in [-0.4, -0.2) is 29.1 Å². The van der Waals surface area contributed by atoms with Crippen molar-refractivity contribution >= 4 is 28.2 Å². The Morgan fingerprint density at radius 2 is 2.13 bits per heavy atom. The van der Waals surface area contributed by atoms with Crippen molar-refractivity contribution in [2.75, 3.05) is 23.3 Å². The molecule has 7 heteroatoms. The zero-order valence-electron chi connectivity index (χ0n) is 13.2. The van der Waals surface area contributed by atoms with Crippen LogP contribution in [0.1, 0.15) is 30.8 Å². The van der Waals surface area contributed by atoms with Gasteiger partial charge < -0.3 is 10.2 Å². The van der Waals surface area contributed by atoms with Crippen LogP contribution in [0.15, 0.2) is 23.6 Å². The Labute approximate surface area is 140 Å². The van der Waals surface area contributed by atoms with Gasteiger partial charge in [0.25, 0.3) is 0 Å². The monoisotopic (exact) mass is 331 g/mol. The van der Waals surface area contributed by atoms with Gasteiger partial charge in [0.05, 0.1) is 11.5 Å². The molecular weight excluding hydrogens is 310 g/mol. The molecule has 2 aromatic rings. The standard InChI is InChI=1S/C16H21N5OS/c1-12-10-14(21-7-3-2-4-8-21)19-13(18-12)11-17-16(22)20-15-6-5-9-23-15/h5-6,9-10H,2-4,7-8,11H2,1H3,(H2,17,20,22). The first-order valence-electron chi connectivity index (χ1n) is 7.88. The molecule has 0 radical (unpaired) electrons. The van der Waals surface area contributed by atoms with E-state index < -0.39 is 0 Å². The summed E-state index contributed by atoms with van der Waals surface area (Å²) in [6.07, 6.45) is 3.71. The topological polar surface area (TPSA) is 70.2 Å². The van der Waals surface area contributed by atoms with Crippen LogP contribution in [0.4, 0.5) is 15.6 Å². The zero-order valence-corrected chi connectivity index (χ0v) is 14.0. The molecule has 122 valence electrons. The van der Waals surface area contributed by atoms with Gasteiger partial charge in [0.15, 0.2) is 0 Å². The Morgan fingerprint density at radius 1 is 1.30 bits per heavy atom. The van der Waals surface area contributed by atoms with Crippen LogP contribution in [0.2, 0.25) is 0 Å². The maximum absolute atomic E-state index is 11.9. The van der Waals surface area contributed by atoms with Crippen LogP contribution >= 0.6 is 11.3 Å². The molecule has 0 aromatic carbocycles. The van der Waals surface area contributed by atoms with Gasteiger partial charge in [-0.05, 0) is 43.7 Å². The lowest BCUT2D eigenvalue weighted by Crippen LogP contribution is -2.32. The summed E-state index contributed by atoms with van der Waals surface area (Å²) in [6.45, 7) is 4.37. The Hall–Kier alpha value is -2.15. The molecule has 1 aliphatic rings. The molecule has 0 unspecified atom stereocenters. The van der Waals surface area contributed by atoms with Gasteiger partial charge in [0.2, 0.25) is 0 Å². The van der Waals surface area contributed by atoms with Gasteiger partial charge in [-0.15, -0.1) is 11.3 Å².